The summed E-state index contributed by atoms with van der Waals surface area (Å²) in [5.74, 6) is 0.617. The fraction of sp³-hybridized carbons (Fsp3) is 0.550. The lowest BCUT2D eigenvalue weighted by molar-refractivity contribution is -0.0723. The molecule has 0 bridgehead atoms. The van der Waals surface area contributed by atoms with E-state index in [0.29, 0.717) is 43.9 Å². The minimum atomic E-state index is -3.73. The second kappa shape index (κ2) is 7.26. The van der Waals surface area contributed by atoms with Gasteiger partial charge >= 0.3 is 0 Å². The summed E-state index contributed by atoms with van der Waals surface area (Å²) in [6, 6.07) is 4.76. The van der Waals surface area contributed by atoms with Gasteiger partial charge < -0.3 is 19.5 Å². The van der Waals surface area contributed by atoms with Gasteiger partial charge in [-0.15, -0.1) is 0 Å². The molecule has 28 heavy (non-hydrogen) atoms. The van der Waals surface area contributed by atoms with Crippen LogP contribution in [0.15, 0.2) is 29.7 Å². The van der Waals surface area contributed by atoms with Gasteiger partial charge in [0.25, 0.3) is 0 Å². The van der Waals surface area contributed by atoms with Crippen LogP contribution in [0.3, 0.4) is 0 Å². The van der Waals surface area contributed by atoms with Gasteiger partial charge in [0.2, 0.25) is 0 Å². The van der Waals surface area contributed by atoms with Crippen LogP contribution in [-0.4, -0.2) is 58.4 Å². The highest BCUT2D eigenvalue weighted by Gasteiger charge is 2.36. The van der Waals surface area contributed by atoms with E-state index in [1.807, 2.05) is 11.5 Å². The third-order valence-electron chi connectivity index (χ3n) is 5.40. The molecule has 1 aliphatic heterocycles. The summed E-state index contributed by atoms with van der Waals surface area (Å²) in [5.41, 5.74) is 1.08. The molecule has 7 nitrogen and oxygen atoms in total. The maximum Gasteiger partial charge on any atom is 0.185 e. The molecule has 0 atom stereocenters. The van der Waals surface area contributed by atoms with Crippen LogP contribution in [0, 0.1) is 0 Å². The largest absolute Gasteiger partial charge is 0.395 e. The molecule has 0 spiro atoms. The molecular weight excluding hydrogens is 380 g/mol. The Labute approximate surface area is 165 Å². The van der Waals surface area contributed by atoms with Gasteiger partial charge in [-0.3, -0.25) is 0 Å². The standard InChI is InChI=1S/C20H28N2O5S/c1-14(2)18-21-16-11-15(28(25,26)19(3,4)13-23)5-6-17(16)22(18)12-20(24)7-9-27-10-8-20/h5-6,11,23-24H,1,7-10,12-13H2,2-4H3. The van der Waals surface area contributed by atoms with Gasteiger partial charge in [0.1, 0.15) is 5.82 Å². The Hall–Kier alpha value is -1.74. The van der Waals surface area contributed by atoms with Crippen LogP contribution in [0.1, 0.15) is 39.4 Å². The van der Waals surface area contributed by atoms with E-state index in [0.717, 1.165) is 11.1 Å². The zero-order chi connectivity index (χ0) is 20.7. The van der Waals surface area contributed by atoms with Crippen molar-refractivity contribution >= 4 is 26.4 Å². The summed E-state index contributed by atoms with van der Waals surface area (Å²) in [5, 5.41) is 20.4. The first kappa shape index (κ1) is 21.0. The van der Waals surface area contributed by atoms with E-state index < -0.39 is 26.8 Å². The van der Waals surface area contributed by atoms with Crippen LogP contribution in [0.4, 0.5) is 0 Å². The van der Waals surface area contributed by atoms with Gasteiger partial charge in [0.15, 0.2) is 9.84 Å². The average Bonchev–Trinajstić information content (AvgIpc) is 2.99. The fourth-order valence-corrected chi connectivity index (χ4v) is 4.69. The van der Waals surface area contributed by atoms with Gasteiger partial charge in [-0.2, -0.15) is 0 Å². The lowest BCUT2D eigenvalue weighted by Gasteiger charge is -2.33. The topological polar surface area (TPSA) is 102 Å². The minimum absolute atomic E-state index is 0.113. The van der Waals surface area contributed by atoms with E-state index >= 15 is 0 Å². The Morgan fingerprint density at radius 1 is 1.36 bits per heavy atom. The van der Waals surface area contributed by atoms with Crippen molar-refractivity contribution in [3.8, 4) is 0 Å². The molecule has 0 saturated carbocycles. The van der Waals surface area contributed by atoms with Crippen molar-refractivity contribution in [1.82, 2.24) is 9.55 Å². The molecule has 0 unspecified atom stereocenters. The molecule has 1 aliphatic rings. The third-order valence-corrected chi connectivity index (χ3v) is 7.85. The highest BCUT2D eigenvalue weighted by Crippen LogP contribution is 2.31. The zero-order valence-corrected chi connectivity index (χ0v) is 17.4. The number of fused-ring (bicyclic) bond motifs is 1. The molecule has 154 valence electrons. The predicted molar refractivity (Wildman–Crippen MR) is 108 cm³/mol. The molecule has 2 heterocycles. The molecule has 0 amide bonds. The van der Waals surface area contributed by atoms with Crippen LogP contribution >= 0.6 is 0 Å². The molecular formula is C20H28N2O5S. The number of imidazole rings is 1. The highest BCUT2D eigenvalue weighted by atomic mass is 32.2. The van der Waals surface area contributed by atoms with Crippen LogP contribution in [0.5, 0.6) is 0 Å². The Morgan fingerprint density at radius 3 is 2.57 bits per heavy atom. The summed E-state index contributed by atoms with van der Waals surface area (Å²) in [7, 11) is -3.73. The smallest absolute Gasteiger partial charge is 0.185 e. The van der Waals surface area contributed by atoms with Crippen molar-refractivity contribution in [2.24, 2.45) is 0 Å². The Bertz CT molecular complexity index is 1000. The predicted octanol–water partition coefficient (Wildman–Crippen LogP) is 2.16. The summed E-state index contributed by atoms with van der Waals surface area (Å²) in [6.07, 6.45) is 1.05. The second-order valence-electron chi connectivity index (χ2n) is 8.21. The number of aliphatic hydroxyl groups is 2. The molecule has 2 aromatic rings. The number of aliphatic hydroxyl groups excluding tert-OH is 1. The van der Waals surface area contributed by atoms with Crippen molar-refractivity contribution in [1.29, 1.82) is 0 Å². The molecule has 0 radical (unpaired) electrons. The van der Waals surface area contributed by atoms with Gasteiger partial charge in [-0.1, -0.05) is 6.58 Å². The number of rotatable bonds is 6. The normalized spacial score (nSPS) is 17.8. The molecule has 2 N–H and O–H groups in total. The molecule has 3 rings (SSSR count). The summed E-state index contributed by atoms with van der Waals surface area (Å²) >= 11 is 0. The van der Waals surface area contributed by atoms with Crippen molar-refractivity contribution in [2.75, 3.05) is 19.8 Å². The van der Waals surface area contributed by atoms with Crippen LogP contribution in [-0.2, 0) is 21.1 Å². The van der Waals surface area contributed by atoms with Crippen molar-refractivity contribution < 1.29 is 23.4 Å². The third kappa shape index (κ3) is 3.61. The van der Waals surface area contributed by atoms with Gasteiger partial charge in [0, 0.05) is 26.1 Å². The van der Waals surface area contributed by atoms with Crippen LogP contribution in [0.2, 0.25) is 0 Å². The zero-order valence-electron chi connectivity index (χ0n) is 16.6. The van der Waals surface area contributed by atoms with Gasteiger partial charge in [-0.05, 0) is 44.5 Å². The number of hydrogen-bond acceptors (Lipinski definition) is 6. The Balaban J connectivity index is 2.10. The quantitative estimate of drug-likeness (QED) is 0.759. The number of sulfone groups is 1. The molecule has 8 heteroatoms. The first-order chi connectivity index (χ1) is 13.0. The first-order valence-electron chi connectivity index (χ1n) is 9.33. The number of hydrogen-bond donors (Lipinski definition) is 2. The van der Waals surface area contributed by atoms with Crippen molar-refractivity contribution in [3.05, 3.63) is 30.6 Å². The van der Waals surface area contributed by atoms with Crippen LogP contribution < -0.4 is 0 Å². The lowest BCUT2D eigenvalue weighted by Crippen LogP contribution is -2.40. The first-order valence-corrected chi connectivity index (χ1v) is 10.8. The molecule has 0 aliphatic carbocycles. The number of nitrogens with zero attached hydrogens (tertiary/aromatic N) is 2. The maximum atomic E-state index is 12.9. The van der Waals surface area contributed by atoms with E-state index in [-0.39, 0.29) is 4.90 Å². The van der Waals surface area contributed by atoms with Gasteiger partial charge in [0.05, 0.1) is 39.4 Å². The lowest BCUT2D eigenvalue weighted by atomic mass is 9.94. The number of benzene rings is 1. The molecule has 1 fully saturated rings. The minimum Gasteiger partial charge on any atom is -0.395 e. The maximum absolute atomic E-state index is 12.9. The fourth-order valence-electron chi connectivity index (χ4n) is 3.37. The number of aromatic nitrogens is 2. The van der Waals surface area contributed by atoms with Crippen LogP contribution in [0.25, 0.3) is 16.6 Å². The summed E-state index contributed by atoms with van der Waals surface area (Å²) in [6.45, 7) is 9.66. The van der Waals surface area contributed by atoms with Gasteiger partial charge in [-0.25, -0.2) is 13.4 Å². The Morgan fingerprint density at radius 2 is 2.00 bits per heavy atom. The van der Waals surface area contributed by atoms with Crippen molar-refractivity contribution in [2.45, 2.75) is 55.4 Å². The van der Waals surface area contributed by atoms with Crippen molar-refractivity contribution in [3.63, 3.8) is 0 Å². The molecule has 1 aromatic heterocycles. The molecule has 1 saturated heterocycles. The average molecular weight is 409 g/mol. The highest BCUT2D eigenvalue weighted by molar-refractivity contribution is 7.92. The molecule has 1 aromatic carbocycles. The monoisotopic (exact) mass is 408 g/mol. The van der Waals surface area contributed by atoms with E-state index in [4.69, 9.17) is 4.74 Å². The number of allylic oxidation sites excluding steroid dienone is 1. The van der Waals surface area contributed by atoms with E-state index in [1.165, 1.54) is 26.0 Å². The van der Waals surface area contributed by atoms with E-state index in [2.05, 4.69) is 11.6 Å². The summed E-state index contributed by atoms with van der Waals surface area (Å²) < 4.78 is 31.7. The second-order valence-corrected chi connectivity index (χ2v) is 10.8. The number of ether oxygens (including phenoxy) is 1. The van der Waals surface area contributed by atoms with E-state index in [9.17, 15) is 18.6 Å². The summed E-state index contributed by atoms with van der Waals surface area (Å²) in [4.78, 5) is 4.70. The van der Waals surface area contributed by atoms with E-state index in [1.54, 1.807) is 6.07 Å². The SMILES string of the molecule is C=C(C)c1nc2cc(S(=O)(=O)C(C)(C)CO)ccc2n1CC1(O)CCOCC1. The Kier molecular flexibility index (Phi) is 5.44.